The van der Waals surface area contributed by atoms with Crippen molar-refractivity contribution in [2.75, 3.05) is 45.9 Å². The molecule has 1 atom stereocenters. The predicted octanol–water partition coefficient (Wildman–Crippen LogP) is 2.14. The molecule has 0 radical (unpaired) electrons. The van der Waals surface area contributed by atoms with E-state index in [0.29, 0.717) is 5.91 Å². The molecular formula is C17H30N2O2. The summed E-state index contributed by atoms with van der Waals surface area (Å²) in [5.74, 6) is 1.25. The Labute approximate surface area is 128 Å². The normalized spacial score (nSPS) is 31.1. The molecule has 0 N–H and O–H groups in total. The largest absolute Gasteiger partial charge is 0.380 e. The Bertz CT molecular complexity index is 370. The van der Waals surface area contributed by atoms with Crippen LogP contribution in [0.4, 0.5) is 0 Å². The summed E-state index contributed by atoms with van der Waals surface area (Å²) >= 11 is 0. The lowest BCUT2D eigenvalue weighted by atomic mass is 9.77. The highest BCUT2D eigenvalue weighted by molar-refractivity contribution is 5.84. The Hall–Kier alpha value is -0.610. The smallest absolute Gasteiger partial charge is 0.230 e. The van der Waals surface area contributed by atoms with Crippen molar-refractivity contribution in [3.8, 4) is 0 Å². The third-order valence-corrected chi connectivity index (χ3v) is 5.72. The summed E-state index contributed by atoms with van der Waals surface area (Å²) in [6.07, 6.45) is 7.37. The van der Waals surface area contributed by atoms with E-state index in [4.69, 9.17) is 4.74 Å². The maximum Gasteiger partial charge on any atom is 0.230 e. The molecular weight excluding hydrogens is 264 g/mol. The SMILES string of the molecule is CCOCCN1CC[C@@]2(CCCN(CC3CCC3)C2=O)C1. The molecule has 3 fully saturated rings. The minimum atomic E-state index is -0.0613. The second kappa shape index (κ2) is 6.66. The molecule has 1 amide bonds. The first-order valence-electron chi connectivity index (χ1n) is 8.83. The zero-order valence-electron chi connectivity index (χ0n) is 13.5. The molecule has 2 aliphatic heterocycles. The zero-order chi connectivity index (χ0) is 14.7. The highest BCUT2D eigenvalue weighted by atomic mass is 16.5. The van der Waals surface area contributed by atoms with Crippen LogP contribution in [-0.2, 0) is 9.53 Å². The Morgan fingerprint density at radius 2 is 2.10 bits per heavy atom. The van der Waals surface area contributed by atoms with Crippen molar-refractivity contribution in [3.63, 3.8) is 0 Å². The van der Waals surface area contributed by atoms with Gasteiger partial charge in [0.15, 0.2) is 0 Å². The van der Waals surface area contributed by atoms with E-state index in [2.05, 4.69) is 9.80 Å². The van der Waals surface area contributed by atoms with Crippen LogP contribution in [0.3, 0.4) is 0 Å². The third-order valence-electron chi connectivity index (χ3n) is 5.72. The molecule has 1 saturated carbocycles. The summed E-state index contributed by atoms with van der Waals surface area (Å²) in [6, 6.07) is 0. The van der Waals surface area contributed by atoms with Crippen molar-refractivity contribution in [2.45, 2.75) is 45.4 Å². The Kier molecular flexibility index (Phi) is 4.85. The molecule has 0 unspecified atom stereocenters. The van der Waals surface area contributed by atoms with Crippen LogP contribution in [0, 0.1) is 11.3 Å². The van der Waals surface area contributed by atoms with Crippen LogP contribution in [0.25, 0.3) is 0 Å². The number of piperidine rings is 1. The molecule has 3 aliphatic rings. The highest BCUT2D eigenvalue weighted by Gasteiger charge is 2.48. The van der Waals surface area contributed by atoms with E-state index in [1.54, 1.807) is 0 Å². The highest BCUT2D eigenvalue weighted by Crippen LogP contribution is 2.41. The molecule has 3 rings (SSSR count). The monoisotopic (exact) mass is 294 g/mol. The van der Waals surface area contributed by atoms with Crippen molar-refractivity contribution in [3.05, 3.63) is 0 Å². The summed E-state index contributed by atoms with van der Waals surface area (Å²) in [5.41, 5.74) is -0.0613. The van der Waals surface area contributed by atoms with Crippen LogP contribution in [0.2, 0.25) is 0 Å². The molecule has 2 saturated heterocycles. The fraction of sp³-hybridized carbons (Fsp3) is 0.941. The molecule has 0 aromatic heterocycles. The van der Waals surface area contributed by atoms with Crippen molar-refractivity contribution in [1.82, 2.24) is 9.80 Å². The fourth-order valence-corrected chi connectivity index (χ4v) is 4.18. The predicted molar refractivity (Wildman–Crippen MR) is 83.1 cm³/mol. The van der Waals surface area contributed by atoms with E-state index in [0.717, 1.165) is 64.7 Å². The number of carbonyl (C=O) groups excluding carboxylic acids is 1. The van der Waals surface area contributed by atoms with Crippen molar-refractivity contribution < 1.29 is 9.53 Å². The number of carbonyl (C=O) groups is 1. The zero-order valence-corrected chi connectivity index (χ0v) is 13.5. The van der Waals surface area contributed by atoms with Crippen LogP contribution in [0.15, 0.2) is 0 Å². The van der Waals surface area contributed by atoms with Crippen LogP contribution >= 0.6 is 0 Å². The molecule has 21 heavy (non-hydrogen) atoms. The standard InChI is InChI=1S/C17H30N2O2/c1-2-21-12-11-18-10-8-17(14-18)7-4-9-19(16(17)20)13-15-5-3-6-15/h15H,2-14H2,1H3/t17-/m0/s1. The van der Waals surface area contributed by atoms with Crippen LogP contribution < -0.4 is 0 Å². The number of rotatable bonds is 6. The average Bonchev–Trinajstić information content (AvgIpc) is 2.83. The molecule has 4 heteroatoms. The topological polar surface area (TPSA) is 32.8 Å². The van der Waals surface area contributed by atoms with Gasteiger partial charge in [-0.2, -0.15) is 0 Å². The summed E-state index contributed by atoms with van der Waals surface area (Å²) < 4.78 is 5.46. The molecule has 120 valence electrons. The van der Waals surface area contributed by atoms with Gasteiger partial charge in [-0.05, 0) is 51.5 Å². The van der Waals surface area contributed by atoms with Gasteiger partial charge >= 0.3 is 0 Å². The molecule has 1 spiro atoms. The summed E-state index contributed by atoms with van der Waals surface area (Å²) in [5, 5.41) is 0. The first-order valence-corrected chi connectivity index (χ1v) is 8.83. The van der Waals surface area contributed by atoms with Crippen LogP contribution in [0.1, 0.15) is 45.4 Å². The summed E-state index contributed by atoms with van der Waals surface area (Å²) in [6.45, 7) is 8.64. The van der Waals surface area contributed by atoms with E-state index in [9.17, 15) is 4.79 Å². The van der Waals surface area contributed by atoms with Gasteiger partial charge in [0.1, 0.15) is 0 Å². The van der Waals surface area contributed by atoms with Gasteiger partial charge in [-0.15, -0.1) is 0 Å². The molecule has 1 aliphatic carbocycles. The van der Waals surface area contributed by atoms with Gasteiger partial charge in [0, 0.05) is 32.8 Å². The quantitative estimate of drug-likeness (QED) is 0.704. The van der Waals surface area contributed by atoms with E-state index in [-0.39, 0.29) is 5.41 Å². The van der Waals surface area contributed by atoms with Gasteiger partial charge < -0.3 is 9.64 Å². The van der Waals surface area contributed by atoms with Gasteiger partial charge in [-0.3, -0.25) is 9.69 Å². The second-order valence-electron chi connectivity index (χ2n) is 7.16. The van der Waals surface area contributed by atoms with Crippen molar-refractivity contribution in [2.24, 2.45) is 11.3 Å². The number of hydrogen-bond acceptors (Lipinski definition) is 3. The maximum atomic E-state index is 13.0. The van der Waals surface area contributed by atoms with E-state index in [1.807, 2.05) is 6.92 Å². The second-order valence-corrected chi connectivity index (χ2v) is 7.16. The molecule has 0 bridgehead atoms. The van der Waals surface area contributed by atoms with Crippen LogP contribution in [-0.4, -0.2) is 61.6 Å². The number of likely N-dealkylation sites (tertiary alicyclic amines) is 2. The van der Waals surface area contributed by atoms with Gasteiger partial charge in [-0.1, -0.05) is 6.42 Å². The minimum absolute atomic E-state index is 0.0613. The van der Waals surface area contributed by atoms with Crippen molar-refractivity contribution in [1.29, 1.82) is 0 Å². The van der Waals surface area contributed by atoms with Crippen molar-refractivity contribution >= 4 is 5.91 Å². The lowest BCUT2D eigenvalue weighted by molar-refractivity contribution is -0.146. The number of ether oxygens (including phenoxy) is 1. The number of nitrogens with zero attached hydrogens (tertiary/aromatic N) is 2. The van der Waals surface area contributed by atoms with E-state index >= 15 is 0 Å². The van der Waals surface area contributed by atoms with Gasteiger partial charge in [-0.25, -0.2) is 0 Å². The number of amides is 1. The fourth-order valence-electron chi connectivity index (χ4n) is 4.18. The van der Waals surface area contributed by atoms with Gasteiger partial charge in [0.2, 0.25) is 5.91 Å². The lowest BCUT2D eigenvalue weighted by Gasteiger charge is -2.42. The lowest BCUT2D eigenvalue weighted by Crippen LogP contribution is -2.51. The first-order chi connectivity index (χ1) is 10.2. The molecule has 4 nitrogen and oxygen atoms in total. The molecule has 0 aromatic carbocycles. The summed E-state index contributed by atoms with van der Waals surface area (Å²) in [7, 11) is 0. The molecule has 0 aromatic rings. The average molecular weight is 294 g/mol. The Morgan fingerprint density at radius 1 is 1.24 bits per heavy atom. The van der Waals surface area contributed by atoms with E-state index < -0.39 is 0 Å². The first kappa shape index (κ1) is 15.3. The maximum absolute atomic E-state index is 13.0. The van der Waals surface area contributed by atoms with Crippen LogP contribution in [0.5, 0.6) is 0 Å². The number of hydrogen-bond donors (Lipinski definition) is 0. The third kappa shape index (κ3) is 3.26. The molecule has 2 heterocycles. The Balaban J connectivity index is 1.55. The van der Waals surface area contributed by atoms with Gasteiger partial charge in [0.25, 0.3) is 0 Å². The summed E-state index contributed by atoms with van der Waals surface area (Å²) in [4.78, 5) is 17.6. The van der Waals surface area contributed by atoms with Gasteiger partial charge in [0.05, 0.1) is 12.0 Å². The minimum Gasteiger partial charge on any atom is -0.380 e. The Morgan fingerprint density at radius 3 is 2.81 bits per heavy atom. The van der Waals surface area contributed by atoms with E-state index in [1.165, 1.54) is 25.7 Å².